The fraction of sp³-hybridized carbons (Fsp3) is 0.462. The Hall–Kier alpha value is -2.31. The molecule has 108 valence electrons. The summed E-state index contributed by atoms with van der Waals surface area (Å²) < 4.78 is 7.15. The fourth-order valence-corrected chi connectivity index (χ4v) is 1.93. The molecule has 0 amide bonds. The van der Waals surface area contributed by atoms with Crippen LogP contribution in [0.3, 0.4) is 0 Å². The zero-order valence-corrected chi connectivity index (χ0v) is 12.3. The number of nitrogens with zero attached hydrogens (tertiary/aromatic N) is 5. The first-order chi connectivity index (χ1) is 9.60. The first kappa shape index (κ1) is 14.1. The molecule has 1 N–H and O–H groups in total. The third kappa shape index (κ3) is 3.37. The number of nitrogens with one attached hydrogen (secondary N) is 1. The van der Waals surface area contributed by atoms with Crippen molar-refractivity contribution in [2.24, 2.45) is 12.0 Å². The number of aryl methyl sites for hydroxylation is 2. The van der Waals surface area contributed by atoms with Gasteiger partial charge >= 0.3 is 0 Å². The van der Waals surface area contributed by atoms with Gasteiger partial charge in [0, 0.05) is 33.0 Å². The smallest absolute Gasteiger partial charge is 0.246 e. The first-order valence-electron chi connectivity index (χ1n) is 6.41. The minimum absolute atomic E-state index is 0.463. The van der Waals surface area contributed by atoms with Gasteiger partial charge in [-0.05, 0) is 19.1 Å². The van der Waals surface area contributed by atoms with E-state index in [1.165, 1.54) is 5.69 Å². The quantitative estimate of drug-likeness (QED) is 0.664. The molecule has 0 aliphatic heterocycles. The van der Waals surface area contributed by atoms with Crippen molar-refractivity contribution in [1.82, 2.24) is 24.9 Å². The Bertz CT molecular complexity index is 585. The van der Waals surface area contributed by atoms with E-state index in [-0.39, 0.29) is 0 Å². The third-order valence-corrected chi connectivity index (χ3v) is 2.99. The number of hydrogen-bond acceptors (Lipinski definition) is 4. The fourth-order valence-electron chi connectivity index (χ4n) is 1.93. The van der Waals surface area contributed by atoms with Gasteiger partial charge in [-0.25, -0.2) is 0 Å². The van der Waals surface area contributed by atoms with Crippen molar-refractivity contribution >= 4 is 5.96 Å². The van der Waals surface area contributed by atoms with E-state index in [0.717, 1.165) is 12.5 Å². The lowest BCUT2D eigenvalue weighted by molar-refractivity contribution is 0.367. The first-order valence-corrected chi connectivity index (χ1v) is 6.41. The van der Waals surface area contributed by atoms with E-state index < -0.39 is 0 Å². The van der Waals surface area contributed by atoms with E-state index in [1.54, 1.807) is 14.0 Å². The molecule has 2 aromatic rings. The van der Waals surface area contributed by atoms with Crippen molar-refractivity contribution in [2.45, 2.75) is 20.0 Å². The van der Waals surface area contributed by atoms with Gasteiger partial charge in [0.25, 0.3) is 0 Å². The second kappa shape index (κ2) is 6.23. The van der Waals surface area contributed by atoms with Crippen LogP contribution in [0.1, 0.15) is 17.4 Å². The van der Waals surface area contributed by atoms with Gasteiger partial charge in [0.2, 0.25) is 5.89 Å². The van der Waals surface area contributed by atoms with Gasteiger partial charge in [0.15, 0.2) is 11.8 Å². The van der Waals surface area contributed by atoms with Crippen LogP contribution in [0.4, 0.5) is 0 Å². The predicted octanol–water partition coefficient (Wildman–Crippen LogP) is 0.924. The maximum absolute atomic E-state index is 5.06. The Morgan fingerprint density at radius 2 is 2.35 bits per heavy atom. The number of aliphatic imine (C=N–C) groups is 1. The van der Waals surface area contributed by atoms with Crippen molar-refractivity contribution in [1.29, 1.82) is 0 Å². The summed E-state index contributed by atoms with van der Waals surface area (Å²) in [7, 11) is 5.77. The van der Waals surface area contributed by atoms with Crippen LogP contribution >= 0.6 is 0 Å². The molecule has 0 saturated heterocycles. The Kier molecular flexibility index (Phi) is 4.39. The summed E-state index contributed by atoms with van der Waals surface area (Å²) in [5.74, 6) is 1.96. The van der Waals surface area contributed by atoms with Crippen LogP contribution in [0.25, 0.3) is 0 Å². The molecule has 0 aromatic carbocycles. The highest BCUT2D eigenvalue weighted by Crippen LogP contribution is 2.04. The van der Waals surface area contributed by atoms with E-state index in [9.17, 15) is 0 Å². The Labute approximate surface area is 118 Å². The van der Waals surface area contributed by atoms with Gasteiger partial charge in [-0.2, -0.15) is 4.98 Å². The summed E-state index contributed by atoms with van der Waals surface area (Å²) in [4.78, 5) is 10.4. The maximum Gasteiger partial charge on any atom is 0.246 e. The van der Waals surface area contributed by atoms with Crippen LogP contribution in [0, 0.1) is 6.92 Å². The molecule has 7 heteroatoms. The molecule has 0 spiro atoms. The monoisotopic (exact) mass is 276 g/mol. The summed E-state index contributed by atoms with van der Waals surface area (Å²) in [5, 5.41) is 6.96. The summed E-state index contributed by atoms with van der Waals surface area (Å²) in [6, 6.07) is 4.12. The molecule has 7 nitrogen and oxygen atoms in total. The second-order valence-corrected chi connectivity index (χ2v) is 4.60. The zero-order valence-electron chi connectivity index (χ0n) is 12.3. The minimum Gasteiger partial charge on any atom is -0.353 e. The minimum atomic E-state index is 0.463. The van der Waals surface area contributed by atoms with Crippen LogP contribution < -0.4 is 5.32 Å². The van der Waals surface area contributed by atoms with Crippen LogP contribution in [0.5, 0.6) is 0 Å². The van der Waals surface area contributed by atoms with Gasteiger partial charge in [0.05, 0.1) is 13.1 Å². The largest absolute Gasteiger partial charge is 0.353 e. The maximum atomic E-state index is 5.06. The van der Waals surface area contributed by atoms with Gasteiger partial charge < -0.3 is 19.3 Å². The van der Waals surface area contributed by atoms with Gasteiger partial charge in [0.1, 0.15) is 0 Å². The van der Waals surface area contributed by atoms with E-state index in [1.807, 2.05) is 31.3 Å². The third-order valence-electron chi connectivity index (χ3n) is 2.99. The molecule has 0 unspecified atom stereocenters. The molecule has 2 aromatic heterocycles. The Balaban J connectivity index is 1.93. The molecule has 0 radical (unpaired) electrons. The predicted molar refractivity (Wildman–Crippen MR) is 76.1 cm³/mol. The summed E-state index contributed by atoms with van der Waals surface area (Å²) in [6.07, 6.45) is 2.03. The summed E-state index contributed by atoms with van der Waals surface area (Å²) in [6.45, 7) is 3.03. The molecule has 0 atom stereocenters. The van der Waals surface area contributed by atoms with Crippen LogP contribution in [0.15, 0.2) is 27.8 Å². The van der Waals surface area contributed by atoms with E-state index in [4.69, 9.17) is 4.52 Å². The molecule has 0 saturated carbocycles. The Morgan fingerprint density at radius 3 is 2.90 bits per heavy atom. The van der Waals surface area contributed by atoms with Crippen LogP contribution in [-0.4, -0.2) is 39.7 Å². The average Bonchev–Trinajstić information content (AvgIpc) is 3.00. The molecular weight excluding hydrogens is 256 g/mol. The highest BCUT2D eigenvalue weighted by molar-refractivity contribution is 5.79. The number of aromatic nitrogens is 3. The van der Waals surface area contributed by atoms with Crippen molar-refractivity contribution in [3.8, 4) is 0 Å². The van der Waals surface area contributed by atoms with Crippen molar-refractivity contribution in [3.63, 3.8) is 0 Å². The van der Waals surface area contributed by atoms with Crippen LogP contribution in [0.2, 0.25) is 0 Å². The lowest BCUT2D eigenvalue weighted by Crippen LogP contribution is -2.38. The topological polar surface area (TPSA) is 71.5 Å². The Morgan fingerprint density at radius 1 is 1.55 bits per heavy atom. The highest BCUT2D eigenvalue weighted by atomic mass is 16.5. The van der Waals surface area contributed by atoms with E-state index in [2.05, 4.69) is 31.1 Å². The number of guanidine groups is 1. The SMILES string of the molecule is CN=C(NCc1nc(C)no1)N(C)Cc1cccn1C. The zero-order chi connectivity index (χ0) is 14.5. The molecule has 0 aliphatic rings. The average molecular weight is 276 g/mol. The lowest BCUT2D eigenvalue weighted by Gasteiger charge is -2.21. The highest BCUT2D eigenvalue weighted by Gasteiger charge is 2.10. The molecular formula is C13H20N6O. The van der Waals surface area contributed by atoms with Crippen molar-refractivity contribution in [2.75, 3.05) is 14.1 Å². The molecule has 20 heavy (non-hydrogen) atoms. The number of rotatable bonds is 4. The van der Waals surface area contributed by atoms with Gasteiger partial charge in [-0.3, -0.25) is 4.99 Å². The van der Waals surface area contributed by atoms with E-state index in [0.29, 0.717) is 18.3 Å². The van der Waals surface area contributed by atoms with Gasteiger partial charge in [-0.15, -0.1) is 0 Å². The lowest BCUT2D eigenvalue weighted by atomic mass is 10.4. The second-order valence-electron chi connectivity index (χ2n) is 4.60. The van der Waals surface area contributed by atoms with Crippen molar-refractivity contribution < 1.29 is 4.52 Å². The van der Waals surface area contributed by atoms with E-state index >= 15 is 0 Å². The van der Waals surface area contributed by atoms with Crippen LogP contribution in [-0.2, 0) is 20.1 Å². The normalized spacial score (nSPS) is 11.7. The molecule has 0 fully saturated rings. The molecule has 0 aliphatic carbocycles. The molecule has 2 heterocycles. The summed E-state index contributed by atoms with van der Waals surface area (Å²) in [5.41, 5.74) is 1.21. The summed E-state index contributed by atoms with van der Waals surface area (Å²) >= 11 is 0. The molecule has 0 bridgehead atoms. The van der Waals surface area contributed by atoms with Gasteiger partial charge in [-0.1, -0.05) is 5.16 Å². The number of hydrogen-bond donors (Lipinski definition) is 1. The molecule has 2 rings (SSSR count). The van der Waals surface area contributed by atoms with Crippen molar-refractivity contribution in [3.05, 3.63) is 35.7 Å². The standard InChI is InChI=1S/C13H20N6O/c1-10-16-12(20-17-10)8-15-13(14-2)19(4)9-11-6-5-7-18(11)3/h5-7H,8-9H2,1-4H3,(H,14,15).